The molecule has 0 radical (unpaired) electrons. The number of carbonyl (C=O) groups is 1. The molecule has 0 N–H and O–H groups in total. The molecular formula is C12H11N2O2-. The zero-order chi connectivity index (χ0) is 12.1. The largest absolute Gasteiger partial charge is 0.544 e. The van der Waals surface area contributed by atoms with E-state index in [9.17, 15) is 9.90 Å². The predicted molar refractivity (Wildman–Crippen MR) is 59.4 cm³/mol. The summed E-state index contributed by atoms with van der Waals surface area (Å²) < 4.78 is 0. The average molecular weight is 215 g/mol. The minimum absolute atomic E-state index is 0.377. The molecule has 1 rings (SSSR count). The fourth-order valence-electron chi connectivity index (χ4n) is 1.17. The average Bonchev–Trinajstić information content (AvgIpc) is 2.26. The molecule has 0 atom stereocenters. The van der Waals surface area contributed by atoms with Gasteiger partial charge in [-0.05, 0) is 23.8 Å². The molecule has 0 aliphatic heterocycles. The number of rotatable bonds is 3. The molecule has 82 valence electrons. The lowest BCUT2D eigenvalue weighted by Gasteiger charge is -2.11. The van der Waals surface area contributed by atoms with E-state index < -0.39 is 5.97 Å². The van der Waals surface area contributed by atoms with Crippen molar-refractivity contribution in [2.75, 3.05) is 19.0 Å². The smallest absolute Gasteiger partial charge is 0.101 e. The summed E-state index contributed by atoms with van der Waals surface area (Å²) in [4.78, 5) is 12.4. The van der Waals surface area contributed by atoms with E-state index in [-0.39, 0.29) is 5.57 Å². The first kappa shape index (κ1) is 11.8. The van der Waals surface area contributed by atoms with Gasteiger partial charge in [0.1, 0.15) is 6.07 Å². The lowest BCUT2D eigenvalue weighted by Crippen LogP contribution is -2.23. The number of aliphatic carboxylic acids is 1. The van der Waals surface area contributed by atoms with E-state index in [0.717, 1.165) is 5.69 Å². The normalized spacial score (nSPS) is 10.7. The highest BCUT2D eigenvalue weighted by Gasteiger charge is 1.98. The van der Waals surface area contributed by atoms with Gasteiger partial charge >= 0.3 is 0 Å². The Hall–Kier alpha value is -2.28. The van der Waals surface area contributed by atoms with Crippen molar-refractivity contribution in [1.82, 2.24) is 0 Å². The molecule has 16 heavy (non-hydrogen) atoms. The van der Waals surface area contributed by atoms with Gasteiger partial charge < -0.3 is 14.8 Å². The van der Waals surface area contributed by atoms with Crippen LogP contribution in [0.1, 0.15) is 5.56 Å². The van der Waals surface area contributed by atoms with Crippen molar-refractivity contribution in [3.8, 4) is 6.07 Å². The van der Waals surface area contributed by atoms with Crippen LogP contribution in [0.4, 0.5) is 5.69 Å². The molecule has 0 aliphatic rings. The summed E-state index contributed by atoms with van der Waals surface area (Å²) in [5, 5.41) is 19.1. The third-order valence-electron chi connectivity index (χ3n) is 2.06. The fraction of sp³-hybridized carbons (Fsp3) is 0.167. The van der Waals surface area contributed by atoms with Crippen molar-refractivity contribution in [3.63, 3.8) is 0 Å². The van der Waals surface area contributed by atoms with E-state index >= 15 is 0 Å². The third-order valence-corrected chi connectivity index (χ3v) is 2.06. The Morgan fingerprint density at radius 2 is 1.94 bits per heavy atom. The van der Waals surface area contributed by atoms with E-state index in [1.807, 2.05) is 31.1 Å². The van der Waals surface area contributed by atoms with E-state index in [1.54, 1.807) is 18.2 Å². The van der Waals surface area contributed by atoms with Crippen LogP contribution in [-0.4, -0.2) is 20.1 Å². The maximum Gasteiger partial charge on any atom is 0.101 e. The van der Waals surface area contributed by atoms with Gasteiger partial charge in [-0.2, -0.15) is 5.26 Å². The number of carboxylic acid groups (broad SMARTS) is 1. The van der Waals surface area contributed by atoms with E-state index in [1.165, 1.54) is 6.08 Å². The summed E-state index contributed by atoms with van der Waals surface area (Å²) in [6.45, 7) is 0. The Morgan fingerprint density at radius 3 is 2.31 bits per heavy atom. The molecular weight excluding hydrogens is 204 g/mol. The molecule has 0 unspecified atom stereocenters. The molecule has 4 nitrogen and oxygen atoms in total. The first-order valence-electron chi connectivity index (χ1n) is 4.65. The van der Waals surface area contributed by atoms with Crippen molar-refractivity contribution >= 4 is 17.7 Å². The van der Waals surface area contributed by atoms with Gasteiger partial charge in [-0.3, -0.25) is 0 Å². The van der Waals surface area contributed by atoms with Crippen LogP contribution in [0.25, 0.3) is 6.08 Å². The Morgan fingerprint density at radius 1 is 1.38 bits per heavy atom. The summed E-state index contributed by atoms with van der Waals surface area (Å²) in [7, 11) is 3.82. The quantitative estimate of drug-likeness (QED) is 0.541. The Kier molecular flexibility index (Phi) is 3.67. The minimum Gasteiger partial charge on any atom is -0.544 e. The molecule has 1 aromatic carbocycles. The zero-order valence-corrected chi connectivity index (χ0v) is 9.10. The van der Waals surface area contributed by atoms with Crippen LogP contribution in [0.2, 0.25) is 0 Å². The number of carboxylic acids is 1. The van der Waals surface area contributed by atoms with Crippen LogP contribution < -0.4 is 10.0 Å². The molecule has 0 saturated heterocycles. The number of benzene rings is 1. The minimum atomic E-state index is -1.46. The van der Waals surface area contributed by atoms with Gasteiger partial charge in [0.15, 0.2) is 0 Å². The van der Waals surface area contributed by atoms with Crippen molar-refractivity contribution in [2.45, 2.75) is 0 Å². The standard InChI is InChI=1S/C12H12N2O2/c1-14(2)11-5-3-9(4-6-11)7-10(8-13)12(15)16/h3-7H,1-2H3,(H,15,16)/p-1/b10-7-. The van der Waals surface area contributed by atoms with Crippen molar-refractivity contribution in [2.24, 2.45) is 0 Å². The summed E-state index contributed by atoms with van der Waals surface area (Å²) in [5.41, 5.74) is 1.29. The summed E-state index contributed by atoms with van der Waals surface area (Å²) in [5.74, 6) is -1.46. The summed E-state index contributed by atoms with van der Waals surface area (Å²) in [6, 6.07) is 8.75. The number of nitrogens with zero attached hydrogens (tertiary/aromatic N) is 2. The second-order valence-corrected chi connectivity index (χ2v) is 3.44. The zero-order valence-electron chi connectivity index (χ0n) is 9.10. The Balaban J connectivity index is 3.00. The number of anilines is 1. The first-order valence-corrected chi connectivity index (χ1v) is 4.65. The Labute approximate surface area is 94.0 Å². The van der Waals surface area contributed by atoms with Crippen molar-refractivity contribution in [1.29, 1.82) is 5.26 Å². The first-order chi connectivity index (χ1) is 7.54. The summed E-state index contributed by atoms with van der Waals surface area (Å²) in [6.07, 6.45) is 1.29. The molecule has 0 bridgehead atoms. The van der Waals surface area contributed by atoms with Crippen molar-refractivity contribution in [3.05, 3.63) is 35.4 Å². The topological polar surface area (TPSA) is 67.2 Å². The lowest BCUT2D eigenvalue weighted by molar-refractivity contribution is -0.298. The number of nitriles is 1. The molecule has 1 aromatic rings. The summed E-state index contributed by atoms with van der Waals surface area (Å²) >= 11 is 0. The van der Waals surface area contributed by atoms with Gasteiger partial charge in [-0.25, -0.2) is 0 Å². The van der Waals surface area contributed by atoms with Gasteiger partial charge in [-0.1, -0.05) is 12.1 Å². The number of hydrogen-bond donors (Lipinski definition) is 0. The maximum absolute atomic E-state index is 10.5. The van der Waals surface area contributed by atoms with E-state index in [4.69, 9.17) is 5.26 Å². The van der Waals surface area contributed by atoms with Gasteiger partial charge in [0.25, 0.3) is 0 Å². The van der Waals surface area contributed by atoms with Crippen molar-refractivity contribution < 1.29 is 9.90 Å². The number of carbonyl (C=O) groups excluding carboxylic acids is 1. The fourth-order valence-corrected chi connectivity index (χ4v) is 1.17. The van der Waals surface area contributed by atoms with Crippen LogP contribution in [0.5, 0.6) is 0 Å². The molecule has 0 aliphatic carbocycles. The number of hydrogen-bond acceptors (Lipinski definition) is 4. The van der Waals surface area contributed by atoms with Gasteiger partial charge in [0.2, 0.25) is 0 Å². The van der Waals surface area contributed by atoms with Gasteiger partial charge in [0.05, 0.1) is 11.5 Å². The molecule has 0 amide bonds. The lowest BCUT2D eigenvalue weighted by atomic mass is 10.1. The molecule has 4 heteroatoms. The van der Waals surface area contributed by atoms with Crippen LogP contribution in [-0.2, 0) is 4.79 Å². The monoisotopic (exact) mass is 215 g/mol. The second kappa shape index (κ2) is 4.99. The van der Waals surface area contributed by atoms with Crippen LogP contribution in [0.3, 0.4) is 0 Å². The predicted octanol–water partition coefficient (Wildman–Crippen LogP) is 0.409. The highest BCUT2D eigenvalue weighted by molar-refractivity contribution is 5.95. The van der Waals surface area contributed by atoms with Crippen LogP contribution in [0.15, 0.2) is 29.8 Å². The molecule has 0 spiro atoms. The highest BCUT2D eigenvalue weighted by Crippen LogP contribution is 2.14. The molecule has 0 saturated carbocycles. The molecule has 0 aromatic heterocycles. The van der Waals surface area contributed by atoms with Gasteiger partial charge in [0, 0.05) is 19.8 Å². The van der Waals surface area contributed by atoms with E-state index in [0.29, 0.717) is 5.56 Å². The van der Waals surface area contributed by atoms with Gasteiger partial charge in [-0.15, -0.1) is 0 Å². The molecule has 0 heterocycles. The maximum atomic E-state index is 10.5. The van der Waals surface area contributed by atoms with Crippen LogP contribution >= 0.6 is 0 Å². The SMILES string of the molecule is CN(C)c1ccc(/C=C(/C#N)C(=O)[O-])cc1. The highest BCUT2D eigenvalue weighted by atomic mass is 16.4. The second-order valence-electron chi connectivity index (χ2n) is 3.44. The Bertz CT molecular complexity index is 453. The van der Waals surface area contributed by atoms with Crippen LogP contribution in [0, 0.1) is 11.3 Å². The molecule has 0 fully saturated rings. The third kappa shape index (κ3) is 2.85. The van der Waals surface area contributed by atoms with E-state index in [2.05, 4.69) is 0 Å².